The van der Waals surface area contributed by atoms with Crippen LogP contribution in [0.3, 0.4) is 0 Å². The van der Waals surface area contributed by atoms with Crippen LogP contribution in [0, 0.1) is 11.3 Å². The van der Waals surface area contributed by atoms with Crippen LogP contribution in [-0.4, -0.2) is 41.1 Å². The highest BCUT2D eigenvalue weighted by Crippen LogP contribution is 2.35. The number of anilines is 2. The Labute approximate surface area is 196 Å². The molecular weight excluding hydrogens is 416 g/mol. The number of para-hydroxylation sites is 1. The van der Waals surface area contributed by atoms with Crippen LogP contribution >= 0.6 is 0 Å². The summed E-state index contributed by atoms with van der Waals surface area (Å²) in [5, 5.41) is 2.87. The molecular formula is C26H34N4O3. The van der Waals surface area contributed by atoms with Gasteiger partial charge in [-0.2, -0.15) is 4.98 Å². The van der Waals surface area contributed by atoms with E-state index in [2.05, 4.69) is 31.1 Å². The Kier molecular flexibility index (Phi) is 6.54. The summed E-state index contributed by atoms with van der Waals surface area (Å²) >= 11 is 0. The molecule has 1 atom stereocenters. The highest BCUT2D eigenvalue weighted by molar-refractivity contribution is 6.08. The number of nitrogens with zero attached hydrogens (tertiary/aromatic N) is 3. The van der Waals surface area contributed by atoms with Crippen LogP contribution < -0.4 is 10.2 Å². The van der Waals surface area contributed by atoms with E-state index >= 15 is 0 Å². The van der Waals surface area contributed by atoms with Gasteiger partial charge in [-0.05, 0) is 44.2 Å². The number of esters is 1. The minimum Gasteiger partial charge on any atom is -0.455 e. The summed E-state index contributed by atoms with van der Waals surface area (Å²) in [5.74, 6) is 0.0828. The minimum absolute atomic E-state index is 0.159. The van der Waals surface area contributed by atoms with E-state index in [1.165, 1.54) is 0 Å². The van der Waals surface area contributed by atoms with Crippen LogP contribution in [0.25, 0.3) is 5.69 Å². The zero-order valence-corrected chi connectivity index (χ0v) is 20.8. The van der Waals surface area contributed by atoms with E-state index in [4.69, 9.17) is 4.74 Å². The maximum absolute atomic E-state index is 13.3. The lowest BCUT2D eigenvalue weighted by atomic mass is 9.75. The fourth-order valence-electron chi connectivity index (χ4n) is 3.53. The molecule has 0 spiro atoms. The first-order valence-corrected chi connectivity index (χ1v) is 11.1. The quantitative estimate of drug-likeness (QED) is 0.650. The Bertz CT molecular complexity index is 1100. The van der Waals surface area contributed by atoms with Crippen molar-refractivity contribution < 1.29 is 14.3 Å². The number of benzene rings is 1. The third kappa shape index (κ3) is 5.35. The number of nitrogens with one attached hydrogen (secondary N) is 1. The summed E-state index contributed by atoms with van der Waals surface area (Å²) < 4.78 is 7.40. The topological polar surface area (TPSA) is 76.5 Å². The van der Waals surface area contributed by atoms with Crippen molar-refractivity contribution in [1.82, 2.24) is 9.55 Å². The second kappa shape index (κ2) is 8.89. The Morgan fingerprint density at radius 2 is 1.79 bits per heavy atom. The Morgan fingerprint density at radius 3 is 2.33 bits per heavy atom. The number of hydrogen-bond donors (Lipinski definition) is 1. The smallest absolute Gasteiger partial charge is 0.359 e. The van der Waals surface area contributed by atoms with Gasteiger partial charge in [0.25, 0.3) is 5.91 Å². The van der Waals surface area contributed by atoms with Crippen molar-refractivity contribution in [3.63, 3.8) is 0 Å². The molecule has 176 valence electrons. The third-order valence-corrected chi connectivity index (χ3v) is 5.63. The van der Waals surface area contributed by atoms with Crippen LogP contribution in [0.1, 0.15) is 52.0 Å². The molecule has 1 aliphatic rings. The van der Waals surface area contributed by atoms with E-state index < -0.39 is 11.6 Å². The van der Waals surface area contributed by atoms with Crippen molar-refractivity contribution in [3.8, 4) is 5.69 Å². The number of carbonyl (C=O) groups is 2. The van der Waals surface area contributed by atoms with E-state index in [0.717, 1.165) is 5.69 Å². The van der Waals surface area contributed by atoms with Gasteiger partial charge in [-0.3, -0.25) is 9.36 Å². The van der Waals surface area contributed by atoms with Crippen LogP contribution in [0.2, 0.25) is 0 Å². The first kappa shape index (κ1) is 24.3. The molecule has 0 aliphatic heterocycles. The number of ether oxygens (including phenoxy) is 1. The monoisotopic (exact) mass is 450 g/mol. The molecule has 1 aliphatic carbocycles. The van der Waals surface area contributed by atoms with Gasteiger partial charge >= 0.3 is 5.97 Å². The number of amides is 1. The van der Waals surface area contributed by atoms with Gasteiger partial charge < -0.3 is 15.0 Å². The summed E-state index contributed by atoms with van der Waals surface area (Å²) in [4.78, 5) is 33.0. The van der Waals surface area contributed by atoms with Crippen LogP contribution in [0.15, 0.2) is 54.1 Å². The van der Waals surface area contributed by atoms with Crippen molar-refractivity contribution in [3.05, 3.63) is 59.8 Å². The third-order valence-electron chi connectivity index (χ3n) is 5.63. The Morgan fingerprint density at radius 1 is 1.15 bits per heavy atom. The Hall–Kier alpha value is -3.35. The minimum atomic E-state index is -0.711. The number of hydrogen-bond acceptors (Lipinski definition) is 5. The van der Waals surface area contributed by atoms with Gasteiger partial charge in [0.1, 0.15) is 5.60 Å². The molecule has 0 saturated heterocycles. The first-order valence-electron chi connectivity index (χ1n) is 11.1. The molecule has 7 nitrogen and oxygen atoms in total. The van der Waals surface area contributed by atoms with E-state index in [-0.39, 0.29) is 22.8 Å². The van der Waals surface area contributed by atoms with Crippen LogP contribution in [0.4, 0.5) is 11.8 Å². The SMILES string of the molecule is CC1C=CC(C(=O)Nc2nc(N(C)C)n(-c3ccccc3)c2C(=O)OC(C)(C)C)=CC1(C)C. The molecule has 1 N–H and O–H groups in total. The standard InChI is InChI=1S/C26H34N4O3/c1-17-14-15-18(16-26(17,5)6)22(31)27-21-20(23(32)33-25(2,3)4)30(24(28-21)29(7)8)19-12-10-9-11-13-19/h9-17H,1-8H3,(H,27,31). The average molecular weight is 451 g/mol. The number of aromatic nitrogens is 2. The molecule has 3 rings (SSSR count). The van der Waals surface area contributed by atoms with Gasteiger partial charge in [-0.1, -0.05) is 57.2 Å². The van der Waals surface area contributed by atoms with Gasteiger partial charge in [0.15, 0.2) is 11.5 Å². The lowest BCUT2D eigenvalue weighted by molar-refractivity contribution is -0.112. The maximum atomic E-state index is 13.3. The van der Waals surface area contributed by atoms with Crippen molar-refractivity contribution >= 4 is 23.6 Å². The molecule has 1 heterocycles. The molecule has 1 aromatic carbocycles. The molecule has 1 unspecified atom stereocenters. The average Bonchev–Trinajstić information content (AvgIpc) is 3.09. The van der Waals surface area contributed by atoms with Gasteiger partial charge in [0, 0.05) is 25.4 Å². The highest BCUT2D eigenvalue weighted by Gasteiger charge is 2.32. The van der Waals surface area contributed by atoms with Gasteiger partial charge in [-0.25, -0.2) is 4.79 Å². The fourth-order valence-corrected chi connectivity index (χ4v) is 3.53. The number of rotatable bonds is 5. The zero-order chi connectivity index (χ0) is 24.6. The normalized spacial score (nSPS) is 17.3. The van der Waals surface area contributed by atoms with E-state index in [0.29, 0.717) is 17.4 Å². The lowest BCUT2D eigenvalue weighted by Gasteiger charge is -2.30. The zero-order valence-electron chi connectivity index (χ0n) is 20.8. The molecule has 1 aromatic heterocycles. The van der Waals surface area contributed by atoms with Crippen LogP contribution in [0.5, 0.6) is 0 Å². The molecule has 0 bridgehead atoms. The summed E-state index contributed by atoms with van der Waals surface area (Å²) in [6.07, 6.45) is 5.80. The Balaban J connectivity index is 2.12. The van der Waals surface area contributed by atoms with Crippen molar-refractivity contribution in [2.45, 2.75) is 47.1 Å². The second-order valence-electron chi connectivity index (χ2n) is 10.2. The van der Waals surface area contributed by atoms with E-state index in [1.54, 1.807) is 30.2 Å². The summed E-state index contributed by atoms with van der Waals surface area (Å²) in [6, 6.07) is 9.42. The summed E-state index contributed by atoms with van der Waals surface area (Å²) in [5.41, 5.74) is 0.571. The molecule has 1 amide bonds. The predicted molar refractivity (Wildman–Crippen MR) is 132 cm³/mol. The molecule has 0 radical (unpaired) electrons. The second-order valence-corrected chi connectivity index (χ2v) is 10.2. The van der Waals surface area contributed by atoms with Gasteiger partial charge in [-0.15, -0.1) is 0 Å². The fraction of sp³-hybridized carbons (Fsp3) is 0.423. The first-order chi connectivity index (χ1) is 15.3. The molecule has 7 heteroatoms. The number of allylic oxidation sites excluding steroid dienone is 2. The number of carbonyl (C=O) groups excluding carboxylic acids is 2. The lowest BCUT2D eigenvalue weighted by Crippen LogP contribution is -2.27. The molecule has 2 aromatic rings. The molecule has 33 heavy (non-hydrogen) atoms. The largest absolute Gasteiger partial charge is 0.455 e. The summed E-state index contributed by atoms with van der Waals surface area (Å²) in [7, 11) is 3.67. The number of imidazole rings is 1. The summed E-state index contributed by atoms with van der Waals surface area (Å²) in [6.45, 7) is 11.7. The van der Waals surface area contributed by atoms with Crippen molar-refractivity contribution in [1.29, 1.82) is 0 Å². The van der Waals surface area contributed by atoms with Gasteiger partial charge in [0.2, 0.25) is 5.95 Å². The van der Waals surface area contributed by atoms with E-state index in [1.807, 2.05) is 62.7 Å². The molecule has 0 saturated carbocycles. The van der Waals surface area contributed by atoms with E-state index in [9.17, 15) is 9.59 Å². The highest BCUT2D eigenvalue weighted by atomic mass is 16.6. The van der Waals surface area contributed by atoms with Crippen molar-refractivity contribution in [2.75, 3.05) is 24.3 Å². The maximum Gasteiger partial charge on any atom is 0.359 e. The molecule has 0 fully saturated rings. The van der Waals surface area contributed by atoms with Gasteiger partial charge in [0.05, 0.1) is 0 Å². The van der Waals surface area contributed by atoms with Crippen LogP contribution in [-0.2, 0) is 9.53 Å². The predicted octanol–water partition coefficient (Wildman–Crippen LogP) is 4.99. The van der Waals surface area contributed by atoms with Crippen molar-refractivity contribution in [2.24, 2.45) is 11.3 Å².